The molecule has 0 radical (unpaired) electrons. The molecule has 1 aromatic rings. The van der Waals surface area contributed by atoms with E-state index in [0.29, 0.717) is 32.8 Å². The van der Waals surface area contributed by atoms with Gasteiger partial charge in [-0.05, 0) is 19.8 Å². The average molecular weight is 375 g/mol. The van der Waals surface area contributed by atoms with Crippen LogP contribution in [0.15, 0.2) is 17.6 Å². The summed E-state index contributed by atoms with van der Waals surface area (Å²) in [6.07, 6.45) is 3.37. The van der Waals surface area contributed by atoms with E-state index in [-0.39, 0.29) is 12.0 Å². The summed E-state index contributed by atoms with van der Waals surface area (Å²) in [4.78, 5) is 21.3. The summed E-state index contributed by atoms with van der Waals surface area (Å²) in [7, 11) is 1.94. The number of aliphatic imine (C=N–C) groups is 1. The monoisotopic (exact) mass is 375 g/mol. The third-order valence-electron chi connectivity index (χ3n) is 5.05. The molecule has 3 rings (SSSR count). The molecule has 1 aromatic heterocycles. The molecule has 0 aromatic carbocycles. The lowest BCUT2D eigenvalue weighted by molar-refractivity contribution is -0.142. The van der Waals surface area contributed by atoms with Crippen molar-refractivity contribution in [2.75, 3.05) is 39.3 Å². The third kappa shape index (κ3) is 4.65. The number of carbonyl (C=O) groups excluding carboxylic acids is 1. The molecule has 27 heavy (non-hydrogen) atoms. The van der Waals surface area contributed by atoms with Gasteiger partial charge in [0.05, 0.1) is 0 Å². The fourth-order valence-electron chi connectivity index (χ4n) is 3.28. The van der Waals surface area contributed by atoms with Crippen LogP contribution in [-0.4, -0.2) is 81.9 Å². The first-order valence-electron chi connectivity index (χ1n) is 9.49. The van der Waals surface area contributed by atoms with E-state index in [1.54, 1.807) is 6.08 Å². The molecule has 9 nitrogen and oxygen atoms in total. The molecule has 0 aliphatic carbocycles. The van der Waals surface area contributed by atoms with Crippen LogP contribution >= 0.6 is 0 Å². The lowest BCUT2D eigenvalue weighted by Gasteiger charge is -2.37. The highest BCUT2D eigenvalue weighted by molar-refractivity contribution is 5.83. The van der Waals surface area contributed by atoms with Gasteiger partial charge >= 0.3 is 0 Å². The van der Waals surface area contributed by atoms with E-state index in [1.165, 1.54) is 0 Å². The van der Waals surface area contributed by atoms with Gasteiger partial charge in [-0.1, -0.05) is 6.08 Å². The molecule has 0 spiro atoms. The van der Waals surface area contributed by atoms with Gasteiger partial charge < -0.3 is 24.4 Å². The summed E-state index contributed by atoms with van der Waals surface area (Å²) in [6, 6.07) is 0. The molecule has 3 heterocycles. The lowest BCUT2D eigenvalue weighted by atomic mass is 10.2. The summed E-state index contributed by atoms with van der Waals surface area (Å²) in [6.45, 7) is 10.3. The molecule has 2 saturated heterocycles. The van der Waals surface area contributed by atoms with E-state index in [2.05, 4.69) is 27.0 Å². The molecule has 2 fully saturated rings. The Morgan fingerprint density at radius 1 is 1.33 bits per heavy atom. The van der Waals surface area contributed by atoms with Crippen LogP contribution in [0.25, 0.3) is 0 Å². The highest BCUT2D eigenvalue weighted by atomic mass is 16.5. The van der Waals surface area contributed by atoms with Crippen molar-refractivity contribution in [3.63, 3.8) is 0 Å². The Morgan fingerprint density at radius 2 is 2.07 bits per heavy atom. The fraction of sp³-hybridized carbons (Fsp3) is 0.667. The number of rotatable bonds is 5. The molecule has 1 unspecified atom stereocenters. The predicted molar refractivity (Wildman–Crippen MR) is 102 cm³/mol. The largest absolute Gasteiger partial charge is 0.368 e. The number of ether oxygens (including phenoxy) is 1. The zero-order valence-corrected chi connectivity index (χ0v) is 16.2. The van der Waals surface area contributed by atoms with Crippen molar-refractivity contribution in [2.24, 2.45) is 12.0 Å². The van der Waals surface area contributed by atoms with E-state index in [1.807, 2.05) is 23.4 Å². The lowest BCUT2D eigenvalue weighted by Crippen LogP contribution is -2.55. The second-order valence-corrected chi connectivity index (χ2v) is 6.85. The normalized spacial score (nSPS) is 20.8. The number of aryl methyl sites for hydroxylation is 1. The molecular formula is C18H29N7O2. The molecule has 0 saturated carbocycles. The van der Waals surface area contributed by atoms with Crippen LogP contribution in [0.4, 0.5) is 0 Å². The molecule has 148 valence electrons. The minimum atomic E-state index is -0.247. The van der Waals surface area contributed by atoms with Crippen LogP contribution < -0.4 is 5.32 Å². The van der Waals surface area contributed by atoms with Gasteiger partial charge in [0.15, 0.2) is 11.8 Å². The topological polar surface area (TPSA) is 87.9 Å². The van der Waals surface area contributed by atoms with Crippen molar-refractivity contribution in [1.29, 1.82) is 0 Å². The summed E-state index contributed by atoms with van der Waals surface area (Å²) in [5, 5.41) is 11.5. The number of hydrogen-bond acceptors (Lipinski definition) is 5. The molecule has 1 amide bonds. The number of nitrogens with one attached hydrogen (secondary N) is 1. The third-order valence-corrected chi connectivity index (χ3v) is 5.05. The van der Waals surface area contributed by atoms with Gasteiger partial charge in [-0.3, -0.25) is 4.79 Å². The standard InChI is InChI=1S/C18H29N7O2/c1-4-7-19-18(20-13-16-22-21-14(2)23(16)3)25-10-8-24(9-11-25)17(26)15-6-5-12-27-15/h4,15H,1,5-13H2,2-3H3,(H,19,20). The zero-order valence-electron chi connectivity index (χ0n) is 16.2. The van der Waals surface area contributed by atoms with Crippen molar-refractivity contribution in [2.45, 2.75) is 32.4 Å². The average Bonchev–Trinajstić information content (AvgIpc) is 3.33. The van der Waals surface area contributed by atoms with Crippen molar-refractivity contribution < 1.29 is 9.53 Å². The van der Waals surface area contributed by atoms with Crippen LogP contribution in [0.1, 0.15) is 24.5 Å². The Kier molecular flexibility index (Phi) is 6.44. The molecule has 2 aliphatic heterocycles. The maximum atomic E-state index is 12.5. The SMILES string of the molecule is C=CCNC(=NCc1nnc(C)n1C)N1CCN(C(=O)C2CCCO2)CC1. The van der Waals surface area contributed by atoms with Crippen molar-refractivity contribution in [1.82, 2.24) is 29.9 Å². The van der Waals surface area contributed by atoms with Crippen molar-refractivity contribution >= 4 is 11.9 Å². The second-order valence-electron chi connectivity index (χ2n) is 6.85. The summed E-state index contributed by atoms with van der Waals surface area (Å²) in [5.41, 5.74) is 0. The maximum absolute atomic E-state index is 12.5. The summed E-state index contributed by atoms with van der Waals surface area (Å²) >= 11 is 0. The number of hydrogen-bond donors (Lipinski definition) is 1. The van der Waals surface area contributed by atoms with Crippen LogP contribution in [0.3, 0.4) is 0 Å². The first-order chi connectivity index (χ1) is 13.1. The minimum absolute atomic E-state index is 0.124. The Bertz CT molecular complexity index is 686. The molecule has 2 aliphatic rings. The highest BCUT2D eigenvalue weighted by Gasteiger charge is 2.30. The van der Waals surface area contributed by atoms with Gasteiger partial charge in [-0.2, -0.15) is 0 Å². The predicted octanol–water partition coefficient (Wildman–Crippen LogP) is 0.0783. The quantitative estimate of drug-likeness (QED) is 0.445. The van der Waals surface area contributed by atoms with Gasteiger partial charge in [0.2, 0.25) is 0 Å². The Morgan fingerprint density at radius 3 is 2.67 bits per heavy atom. The first-order valence-corrected chi connectivity index (χ1v) is 9.49. The van der Waals surface area contributed by atoms with Gasteiger partial charge in [0, 0.05) is 46.4 Å². The Labute approximate surface area is 160 Å². The van der Waals surface area contributed by atoms with Crippen LogP contribution in [-0.2, 0) is 23.1 Å². The van der Waals surface area contributed by atoms with Gasteiger partial charge in [0.25, 0.3) is 5.91 Å². The van der Waals surface area contributed by atoms with Crippen LogP contribution in [0.2, 0.25) is 0 Å². The van der Waals surface area contributed by atoms with E-state index in [9.17, 15) is 4.79 Å². The second kappa shape index (κ2) is 8.98. The smallest absolute Gasteiger partial charge is 0.251 e. The number of nitrogens with zero attached hydrogens (tertiary/aromatic N) is 6. The van der Waals surface area contributed by atoms with Crippen LogP contribution in [0.5, 0.6) is 0 Å². The molecule has 0 bridgehead atoms. The molecule has 1 atom stereocenters. The van der Waals surface area contributed by atoms with E-state index >= 15 is 0 Å². The van der Waals surface area contributed by atoms with Gasteiger partial charge in [-0.25, -0.2) is 4.99 Å². The van der Waals surface area contributed by atoms with E-state index in [0.717, 1.165) is 43.5 Å². The minimum Gasteiger partial charge on any atom is -0.368 e. The molecule has 9 heteroatoms. The van der Waals surface area contributed by atoms with Crippen LogP contribution in [0, 0.1) is 6.92 Å². The van der Waals surface area contributed by atoms with Crippen molar-refractivity contribution in [3.05, 3.63) is 24.3 Å². The van der Waals surface area contributed by atoms with E-state index in [4.69, 9.17) is 9.73 Å². The number of aromatic nitrogens is 3. The fourth-order valence-corrected chi connectivity index (χ4v) is 3.28. The first kappa shape index (κ1) is 19.3. The molecular weight excluding hydrogens is 346 g/mol. The Balaban J connectivity index is 1.60. The number of amides is 1. The van der Waals surface area contributed by atoms with Crippen molar-refractivity contribution in [3.8, 4) is 0 Å². The zero-order chi connectivity index (χ0) is 19.2. The van der Waals surface area contributed by atoms with E-state index < -0.39 is 0 Å². The Hall–Kier alpha value is -2.42. The number of piperazine rings is 1. The maximum Gasteiger partial charge on any atom is 0.251 e. The summed E-state index contributed by atoms with van der Waals surface area (Å²) < 4.78 is 7.47. The van der Waals surface area contributed by atoms with Gasteiger partial charge in [-0.15, -0.1) is 16.8 Å². The molecule has 1 N–H and O–H groups in total. The highest BCUT2D eigenvalue weighted by Crippen LogP contribution is 2.16. The summed E-state index contributed by atoms with van der Waals surface area (Å²) in [5.74, 6) is 2.61. The van der Waals surface area contributed by atoms with Gasteiger partial charge in [0.1, 0.15) is 18.5 Å². The number of guanidine groups is 1. The number of carbonyl (C=O) groups is 1.